The van der Waals surface area contributed by atoms with Crippen LogP contribution in [0, 0.1) is 57.7 Å². The molecule has 0 bridgehead atoms. The van der Waals surface area contributed by atoms with E-state index in [0.29, 0.717) is 21.2 Å². The van der Waals surface area contributed by atoms with Crippen molar-refractivity contribution >= 4 is 16.9 Å². The molecule has 0 aromatic heterocycles. The van der Waals surface area contributed by atoms with Gasteiger partial charge in [-0.3, -0.25) is 5.41 Å². The molecule has 178 valence electrons. The van der Waals surface area contributed by atoms with Gasteiger partial charge in [-0.1, -0.05) is 78.5 Å². The summed E-state index contributed by atoms with van der Waals surface area (Å²) in [5.74, 6) is 6.16. The van der Waals surface area contributed by atoms with Crippen molar-refractivity contribution in [3.8, 4) is 0 Å². The largest absolute Gasteiger partial charge is 0.379 e. The zero-order chi connectivity index (χ0) is 22.4. The van der Waals surface area contributed by atoms with Crippen LogP contribution < -0.4 is 5.73 Å². The van der Waals surface area contributed by atoms with E-state index in [1.807, 2.05) is 0 Å². The van der Waals surface area contributed by atoms with Crippen LogP contribution in [0.3, 0.4) is 0 Å². The van der Waals surface area contributed by atoms with Crippen molar-refractivity contribution in [2.24, 2.45) is 58.0 Å². The van der Waals surface area contributed by atoms with Crippen molar-refractivity contribution in [3.05, 3.63) is 0 Å². The lowest BCUT2D eigenvalue weighted by atomic mass is 9.44. The van der Waals surface area contributed by atoms with Crippen LogP contribution in [0.25, 0.3) is 0 Å². The molecule has 4 saturated carbocycles. The van der Waals surface area contributed by atoms with E-state index in [1.54, 1.807) is 11.8 Å². The third-order valence-electron chi connectivity index (χ3n) is 11.0. The van der Waals surface area contributed by atoms with Gasteiger partial charge in [0.2, 0.25) is 0 Å². The minimum Gasteiger partial charge on any atom is -0.379 e. The molecule has 4 rings (SSSR count). The van der Waals surface area contributed by atoms with Crippen molar-refractivity contribution < 1.29 is 0 Å². The Morgan fingerprint density at radius 3 is 2.39 bits per heavy atom. The van der Waals surface area contributed by atoms with Gasteiger partial charge in [-0.05, 0) is 97.2 Å². The standard InChI is InChI=1S/C28H50N2S/c1-18(2)9-8-10-19(3)21-12-13-22-20-17-25(31-26(29)30)24-11-6-7-15-27(24,4)23(20)14-16-28(21,22)5/h18-25H,6-17H2,1-5H3,(H3,29,30). The van der Waals surface area contributed by atoms with Gasteiger partial charge in [-0.2, -0.15) is 0 Å². The van der Waals surface area contributed by atoms with Crippen LogP contribution in [-0.4, -0.2) is 10.4 Å². The van der Waals surface area contributed by atoms with Crippen LogP contribution in [-0.2, 0) is 0 Å². The van der Waals surface area contributed by atoms with E-state index < -0.39 is 0 Å². The lowest BCUT2D eigenvalue weighted by Gasteiger charge is -2.62. The Labute approximate surface area is 197 Å². The molecule has 31 heavy (non-hydrogen) atoms. The lowest BCUT2D eigenvalue weighted by Crippen LogP contribution is -2.56. The third kappa shape index (κ3) is 4.35. The minimum absolute atomic E-state index is 0.359. The fourth-order valence-corrected chi connectivity index (χ4v) is 10.9. The van der Waals surface area contributed by atoms with E-state index in [1.165, 1.54) is 77.0 Å². The topological polar surface area (TPSA) is 49.9 Å². The fraction of sp³-hybridized carbons (Fsp3) is 0.964. The molecule has 0 aliphatic heterocycles. The van der Waals surface area contributed by atoms with Crippen LogP contribution in [0.15, 0.2) is 0 Å². The Morgan fingerprint density at radius 2 is 1.68 bits per heavy atom. The Morgan fingerprint density at radius 1 is 0.935 bits per heavy atom. The second kappa shape index (κ2) is 9.22. The Hall–Kier alpha value is -0.180. The molecule has 4 aliphatic rings. The summed E-state index contributed by atoms with van der Waals surface area (Å²) in [6, 6.07) is 0. The molecule has 0 radical (unpaired) electrons. The Balaban J connectivity index is 1.54. The van der Waals surface area contributed by atoms with E-state index in [-0.39, 0.29) is 0 Å². The monoisotopic (exact) mass is 446 g/mol. The van der Waals surface area contributed by atoms with Crippen LogP contribution in [0.1, 0.15) is 112 Å². The summed E-state index contributed by atoms with van der Waals surface area (Å²) in [5, 5.41) is 8.99. The van der Waals surface area contributed by atoms with Crippen LogP contribution >= 0.6 is 11.8 Å². The Kier molecular flexibility index (Phi) is 7.13. The smallest absolute Gasteiger partial charge is 0.151 e. The van der Waals surface area contributed by atoms with Gasteiger partial charge < -0.3 is 5.73 Å². The second-order valence-corrected chi connectivity index (χ2v) is 14.3. The number of nitrogens with one attached hydrogen (secondary N) is 1. The van der Waals surface area contributed by atoms with Crippen molar-refractivity contribution in [1.29, 1.82) is 5.41 Å². The molecule has 3 heteroatoms. The molecule has 9 unspecified atom stereocenters. The summed E-state index contributed by atoms with van der Waals surface area (Å²) >= 11 is 1.73. The van der Waals surface area contributed by atoms with Gasteiger partial charge in [-0.15, -0.1) is 0 Å². The highest BCUT2D eigenvalue weighted by molar-refractivity contribution is 8.14. The molecule has 9 atom stereocenters. The summed E-state index contributed by atoms with van der Waals surface area (Å²) in [7, 11) is 0. The van der Waals surface area contributed by atoms with Gasteiger partial charge in [0.15, 0.2) is 5.17 Å². The number of thioether (sulfide) groups is 1. The average molecular weight is 447 g/mol. The van der Waals surface area contributed by atoms with E-state index >= 15 is 0 Å². The molecule has 0 saturated heterocycles. The molecular formula is C28H50N2S. The number of fused-ring (bicyclic) bond motifs is 5. The summed E-state index contributed by atoms with van der Waals surface area (Å²) in [5.41, 5.74) is 7.02. The molecule has 0 heterocycles. The summed E-state index contributed by atoms with van der Waals surface area (Å²) < 4.78 is 0. The lowest BCUT2D eigenvalue weighted by molar-refractivity contribution is -0.111. The SMILES string of the molecule is CC(C)CCCC(C)C1CCC2C3CC(SC(=N)N)C4CCCCC4(C)C3CCC12C. The first-order chi connectivity index (χ1) is 14.7. The summed E-state index contributed by atoms with van der Waals surface area (Å²) in [6.07, 6.45) is 17.1. The van der Waals surface area contributed by atoms with Crippen molar-refractivity contribution in [3.63, 3.8) is 0 Å². The van der Waals surface area contributed by atoms with Crippen molar-refractivity contribution in [1.82, 2.24) is 0 Å². The predicted molar refractivity (Wildman–Crippen MR) is 136 cm³/mol. The average Bonchev–Trinajstić information content (AvgIpc) is 3.04. The van der Waals surface area contributed by atoms with Crippen molar-refractivity contribution in [2.45, 2.75) is 117 Å². The van der Waals surface area contributed by atoms with Crippen LogP contribution in [0.4, 0.5) is 0 Å². The van der Waals surface area contributed by atoms with Crippen LogP contribution in [0.2, 0.25) is 0 Å². The van der Waals surface area contributed by atoms with Gasteiger partial charge in [0, 0.05) is 5.25 Å². The third-order valence-corrected chi connectivity index (χ3v) is 12.1. The van der Waals surface area contributed by atoms with Crippen molar-refractivity contribution in [2.75, 3.05) is 0 Å². The molecule has 4 fully saturated rings. The van der Waals surface area contributed by atoms with Gasteiger partial charge in [0.25, 0.3) is 0 Å². The van der Waals surface area contributed by atoms with Gasteiger partial charge in [0.05, 0.1) is 0 Å². The normalized spacial score (nSPS) is 45.6. The van der Waals surface area contributed by atoms with E-state index in [2.05, 4.69) is 34.6 Å². The minimum atomic E-state index is 0.359. The first-order valence-corrected chi connectivity index (χ1v) is 14.6. The van der Waals surface area contributed by atoms with E-state index in [9.17, 15) is 0 Å². The fourth-order valence-electron chi connectivity index (χ4n) is 9.64. The molecule has 0 aromatic carbocycles. The number of hydrogen-bond donors (Lipinski definition) is 2. The molecule has 4 aliphatic carbocycles. The highest BCUT2D eigenvalue weighted by Gasteiger charge is 2.62. The Bertz CT molecular complexity index is 647. The molecule has 0 spiro atoms. The quantitative estimate of drug-likeness (QED) is 0.320. The first kappa shape index (κ1) is 24.0. The zero-order valence-corrected chi connectivity index (χ0v) is 21.9. The number of hydrogen-bond acceptors (Lipinski definition) is 2. The number of rotatable bonds is 6. The number of amidine groups is 1. The zero-order valence-electron chi connectivity index (χ0n) is 21.1. The van der Waals surface area contributed by atoms with Gasteiger partial charge >= 0.3 is 0 Å². The molecule has 2 nitrogen and oxygen atoms in total. The molecule has 3 N–H and O–H groups in total. The van der Waals surface area contributed by atoms with E-state index in [4.69, 9.17) is 11.1 Å². The molecule has 0 amide bonds. The maximum atomic E-state index is 8.04. The maximum Gasteiger partial charge on any atom is 0.151 e. The van der Waals surface area contributed by atoms with Crippen LogP contribution in [0.5, 0.6) is 0 Å². The number of nitrogens with two attached hydrogens (primary N) is 1. The highest BCUT2D eigenvalue weighted by Crippen LogP contribution is 2.69. The van der Waals surface area contributed by atoms with Gasteiger partial charge in [0.1, 0.15) is 0 Å². The highest BCUT2D eigenvalue weighted by atomic mass is 32.2. The van der Waals surface area contributed by atoms with Gasteiger partial charge in [-0.25, -0.2) is 0 Å². The maximum absolute atomic E-state index is 8.04. The predicted octanol–water partition coefficient (Wildman–Crippen LogP) is 8.10. The second-order valence-electron chi connectivity index (χ2n) is 13.0. The molecular weight excluding hydrogens is 396 g/mol. The molecule has 0 aromatic rings. The van der Waals surface area contributed by atoms with E-state index in [0.717, 1.165) is 41.4 Å². The summed E-state index contributed by atoms with van der Waals surface area (Å²) in [6.45, 7) is 12.7. The summed E-state index contributed by atoms with van der Waals surface area (Å²) in [4.78, 5) is 0. The first-order valence-electron chi connectivity index (χ1n) is 13.7.